The lowest BCUT2D eigenvalue weighted by atomic mass is 10.2. The van der Waals surface area contributed by atoms with Gasteiger partial charge in [-0.15, -0.1) is 0 Å². The predicted molar refractivity (Wildman–Crippen MR) is 132 cm³/mol. The van der Waals surface area contributed by atoms with E-state index in [0.717, 1.165) is 64.8 Å². The first kappa shape index (κ1) is 21.7. The molecule has 1 saturated heterocycles. The van der Waals surface area contributed by atoms with Crippen LogP contribution >= 0.6 is 11.3 Å². The van der Waals surface area contributed by atoms with Crippen molar-refractivity contribution in [3.05, 3.63) is 52.9 Å². The lowest BCUT2D eigenvalue weighted by Crippen LogP contribution is -2.36. The summed E-state index contributed by atoms with van der Waals surface area (Å²) in [6, 6.07) is 13.5. The standard InChI is InChI=1S/C24H27N5O3S/c1-2-10-28-19-5-3-4-6-20(19)29(24(28)31)11-9-22(30)25-17-7-8-18-21(16-17)33-23(26-18)27-12-14-32-15-13-27/h3-8,16H,2,9-15H2,1H3,(H,25,30). The Kier molecular flexibility index (Phi) is 6.15. The lowest BCUT2D eigenvalue weighted by Gasteiger charge is -2.25. The Labute approximate surface area is 195 Å². The molecule has 1 N–H and O–H groups in total. The van der Waals surface area contributed by atoms with E-state index in [1.807, 2.05) is 42.5 Å². The first-order valence-corrected chi connectivity index (χ1v) is 12.2. The molecule has 1 amide bonds. The zero-order valence-electron chi connectivity index (χ0n) is 18.6. The van der Waals surface area contributed by atoms with Crippen LogP contribution < -0.4 is 15.9 Å². The highest BCUT2D eigenvalue weighted by Crippen LogP contribution is 2.31. The van der Waals surface area contributed by atoms with Gasteiger partial charge in [-0.05, 0) is 36.8 Å². The lowest BCUT2D eigenvalue weighted by molar-refractivity contribution is -0.116. The van der Waals surface area contributed by atoms with Gasteiger partial charge in [0.15, 0.2) is 5.13 Å². The van der Waals surface area contributed by atoms with Gasteiger partial charge in [-0.3, -0.25) is 13.9 Å². The Hall–Kier alpha value is -3.17. The van der Waals surface area contributed by atoms with Crippen LogP contribution in [0.5, 0.6) is 0 Å². The SMILES string of the molecule is CCCn1c(=O)n(CCC(=O)Nc2ccc3nc(N4CCOCC4)sc3c2)c2ccccc21. The molecule has 2 aromatic carbocycles. The summed E-state index contributed by atoms with van der Waals surface area (Å²) in [6.45, 7) is 6.19. The van der Waals surface area contributed by atoms with Gasteiger partial charge in [0.1, 0.15) is 0 Å². The number of rotatable bonds is 7. The van der Waals surface area contributed by atoms with Gasteiger partial charge in [-0.2, -0.15) is 0 Å². The number of hydrogen-bond donors (Lipinski definition) is 1. The second kappa shape index (κ2) is 9.36. The van der Waals surface area contributed by atoms with Crippen LogP contribution in [0, 0.1) is 0 Å². The maximum Gasteiger partial charge on any atom is 0.329 e. The van der Waals surface area contributed by atoms with Crippen molar-refractivity contribution < 1.29 is 9.53 Å². The Morgan fingerprint density at radius 2 is 1.82 bits per heavy atom. The van der Waals surface area contributed by atoms with Gasteiger partial charge >= 0.3 is 5.69 Å². The zero-order chi connectivity index (χ0) is 22.8. The van der Waals surface area contributed by atoms with E-state index in [9.17, 15) is 9.59 Å². The summed E-state index contributed by atoms with van der Waals surface area (Å²) >= 11 is 1.63. The Bertz CT molecular complexity index is 1350. The number of nitrogens with one attached hydrogen (secondary N) is 1. The van der Waals surface area contributed by atoms with E-state index >= 15 is 0 Å². The third-order valence-electron chi connectivity index (χ3n) is 5.88. The molecule has 5 rings (SSSR count). The Morgan fingerprint density at radius 3 is 2.55 bits per heavy atom. The summed E-state index contributed by atoms with van der Waals surface area (Å²) in [5.41, 5.74) is 3.38. The second-order valence-electron chi connectivity index (χ2n) is 8.15. The number of morpholine rings is 1. The van der Waals surface area contributed by atoms with E-state index in [1.165, 1.54) is 0 Å². The van der Waals surface area contributed by atoms with E-state index in [1.54, 1.807) is 20.5 Å². The van der Waals surface area contributed by atoms with Gasteiger partial charge in [0, 0.05) is 38.3 Å². The van der Waals surface area contributed by atoms with Crippen molar-refractivity contribution in [3.8, 4) is 0 Å². The number of benzene rings is 2. The molecule has 1 aliphatic rings. The molecule has 0 atom stereocenters. The largest absolute Gasteiger partial charge is 0.378 e. The maximum absolute atomic E-state index is 12.9. The Balaban J connectivity index is 1.28. The van der Waals surface area contributed by atoms with Crippen LogP contribution in [-0.2, 0) is 22.6 Å². The summed E-state index contributed by atoms with van der Waals surface area (Å²) in [5.74, 6) is -0.119. The maximum atomic E-state index is 12.9. The number of hydrogen-bond acceptors (Lipinski definition) is 6. The van der Waals surface area contributed by atoms with Gasteiger partial charge in [0.25, 0.3) is 0 Å². The number of imidazole rings is 1. The molecule has 0 bridgehead atoms. The van der Waals surface area contributed by atoms with E-state index in [-0.39, 0.29) is 18.0 Å². The van der Waals surface area contributed by atoms with Gasteiger partial charge in [-0.25, -0.2) is 9.78 Å². The number of carbonyl (C=O) groups excluding carboxylic acids is 1. The quantitative estimate of drug-likeness (QED) is 0.450. The highest BCUT2D eigenvalue weighted by Gasteiger charge is 2.16. The molecule has 0 spiro atoms. The second-order valence-corrected chi connectivity index (χ2v) is 9.16. The third-order valence-corrected chi connectivity index (χ3v) is 6.96. The highest BCUT2D eigenvalue weighted by atomic mass is 32.1. The number of anilines is 2. The molecule has 3 heterocycles. The number of aromatic nitrogens is 3. The molecule has 33 heavy (non-hydrogen) atoms. The normalized spacial score (nSPS) is 14.3. The van der Waals surface area contributed by atoms with Crippen LogP contribution in [-0.4, -0.2) is 46.3 Å². The molecule has 172 valence electrons. The first-order valence-electron chi connectivity index (χ1n) is 11.4. The molecule has 0 saturated carbocycles. The van der Waals surface area contributed by atoms with Crippen molar-refractivity contribution >= 4 is 49.3 Å². The number of nitrogens with zero attached hydrogens (tertiary/aromatic N) is 4. The minimum Gasteiger partial charge on any atom is -0.378 e. The van der Waals surface area contributed by atoms with Crippen molar-refractivity contribution in [2.24, 2.45) is 0 Å². The molecule has 0 unspecified atom stereocenters. The molecular formula is C24H27N5O3S. The number of para-hydroxylation sites is 2. The van der Waals surface area contributed by atoms with E-state index < -0.39 is 0 Å². The zero-order valence-corrected chi connectivity index (χ0v) is 19.4. The van der Waals surface area contributed by atoms with Crippen LogP contribution in [0.2, 0.25) is 0 Å². The summed E-state index contributed by atoms with van der Waals surface area (Å²) in [5, 5.41) is 3.96. The number of thiazole rings is 1. The molecular weight excluding hydrogens is 438 g/mol. The minimum atomic E-state index is -0.119. The summed E-state index contributed by atoms with van der Waals surface area (Å²) < 4.78 is 9.95. The summed E-state index contributed by atoms with van der Waals surface area (Å²) in [7, 11) is 0. The average molecular weight is 466 g/mol. The fourth-order valence-electron chi connectivity index (χ4n) is 4.25. The van der Waals surface area contributed by atoms with Crippen molar-refractivity contribution in [2.45, 2.75) is 32.9 Å². The topological polar surface area (TPSA) is 81.4 Å². The van der Waals surface area contributed by atoms with Crippen LogP contribution in [0.1, 0.15) is 19.8 Å². The average Bonchev–Trinajstić information content (AvgIpc) is 3.37. The number of amides is 1. The summed E-state index contributed by atoms with van der Waals surface area (Å²) in [4.78, 5) is 32.6. The van der Waals surface area contributed by atoms with Gasteiger partial charge in [-0.1, -0.05) is 30.4 Å². The summed E-state index contributed by atoms with van der Waals surface area (Å²) in [6.07, 6.45) is 1.10. The van der Waals surface area contributed by atoms with Crippen LogP contribution in [0.3, 0.4) is 0 Å². The van der Waals surface area contributed by atoms with E-state index in [2.05, 4.69) is 17.1 Å². The van der Waals surface area contributed by atoms with Crippen molar-refractivity contribution in [1.82, 2.24) is 14.1 Å². The molecule has 1 aliphatic heterocycles. The number of ether oxygens (including phenoxy) is 1. The molecule has 8 nitrogen and oxygen atoms in total. The minimum absolute atomic E-state index is 0.0624. The number of carbonyl (C=O) groups is 1. The molecule has 2 aromatic heterocycles. The van der Waals surface area contributed by atoms with Crippen molar-refractivity contribution in [2.75, 3.05) is 36.5 Å². The number of aryl methyl sites for hydroxylation is 2. The molecule has 1 fully saturated rings. The van der Waals surface area contributed by atoms with Crippen molar-refractivity contribution in [3.63, 3.8) is 0 Å². The third kappa shape index (κ3) is 4.38. The van der Waals surface area contributed by atoms with Crippen LogP contribution in [0.25, 0.3) is 21.3 Å². The van der Waals surface area contributed by atoms with Gasteiger partial charge in [0.05, 0.1) is 34.5 Å². The fraction of sp³-hybridized carbons (Fsp3) is 0.375. The van der Waals surface area contributed by atoms with Crippen LogP contribution in [0.15, 0.2) is 47.3 Å². The number of fused-ring (bicyclic) bond motifs is 2. The van der Waals surface area contributed by atoms with Gasteiger partial charge < -0.3 is 15.0 Å². The Morgan fingerprint density at radius 1 is 1.09 bits per heavy atom. The highest BCUT2D eigenvalue weighted by molar-refractivity contribution is 7.22. The molecule has 0 aliphatic carbocycles. The van der Waals surface area contributed by atoms with Gasteiger partial charge in [0.2, 0.25) is 5.91 Å². The van der Waals surface area contributed by atoms with Crippen molar-refractivity contribution in [1.29, 1.82) is 0 Å². The smallest absolute Gasteiger partial charge is 0.329 e. The predicted octanol–water partition coefficient (Wildman–Crippen LogP) is 3.69. The molecule has 0 radical (unpaired) electrons. The van der Waals surface area contributed by atoms with Crippen LogP contribution in [0.4, 0.5) is 10.8 Å². The first-order chi connectivity index (χ1) is 16.1. The van der Waals surface area contributed by atoms with E-state index in [0.29, 0.717) is 13.1 Å². The molecule has 9 heteroatoms. The fourth-order valence-corrected chi connectivity index (χ4v) is 5.30. The molecule has 4 aromatic rings. The monoisotopic (exact) mass is 465 g/mol. The van der Waals surface area contributed by atoms with E-state index in [4.69, 9.17) is 9.72 Å².